The van der Waals surface area contributed by atoms with Crippen LogP contribution in [0.4, 0.5) is 0 Å². The third kappa shape index (κ3) is 9.29. The largest absolute Gasteiger partial charge is 0.356 e. The zero-order valence-corrected chi connectivity index (χ0v) is 16.6. The molecule has 0 saturated carbocycles. The molecule has 1 aromatic rings. The molecule has 0 fully saturated rings. The van der Waals surface area contributed by atoms with E-state index in [4.69, 9.17) is 0 Å². The topological polar surface area (TPSA) is 49.3 Å². The molecule has 0 unspecified atom stereocenters. The molecule has 0 spiro atoms. The smallest absolute Gasteiger partial charge is 0.190 e. The molecule has 0 radical (unpaired) electrons. The molecule has 0 atom stereocenters. The Hall–Kier alpha value is -0.370. The van der Waals surface area contributed by atoms with Gasteiger partial charge in [0.1, 0.15) is 0 Å². The molecule has 122 valence electrons. The Balaban J connectivity index is 0.00000400. The van der Waals surface area contributed by atoms with E-state index in [-0.39, 0.29) is 24.0 Å². The Morgan fingerprint density at radius 3 is 2.57 bits per heavy atom. The van der Waals surface area contributed by atoms with Crippen LogP contribution in [0.15, 0.2) is 10.4 Å². The first kappa shape index (κ1) is 20.6. The average Bonchev–Trinajstić information content (AvgIpc) is 2.93. The number of thiazole rings is 1. The van der Waals surface area contributed by atoms with Crippen LogP contribution in [0.25, 0.3) is 0 Å². The highest BCUT2D eigenvalue weighted by Crippen LogP contribution is 2.10. The molecule has 0 aromatic carbocycles. The van der Waals surface area contributed by atoms with Gasteiger partial charge in [-0.3, -0.25) is 4.99 Å². The van der Waals surface area contributed by atoms with E-state index in [1.807, 2.05) is 7.05 Å². The van der Waals surface area contributed by atoms with Gasteiger partial charge in [0.25, 0.3) is 0 Å². The molecule has 1 rings (SSSR count). The lowest BCUT2D eigenvalue weighted by Crippen LogP contribution is -2.38. The summed E-state index contributed by atoms with van der Waals surface area (Å²) in [6.45, 7) is 6.25. The summed E-state index contributed by atoms with van der Waals surface area (Å²) in [7, 11) is 1.82. The highest BCUT2D eigenvalue weighted by Gasteiger charge is 2.01. The maximum atomic E-state index is 4.57. The fourth-order valence-electron chi connectivity index (χ4n) is 1.91. The molecule has 0 saturated heterocycles. The predicted octanol–water partition coefficient (Wildman–Crippen LogP) is 3.61. The van der Waals surface area contributed by atoms with Gasteiger partial charge in [-0.25, -0.2) is 4.98 Å². The highest BCUT2D eigenvalue weighted by molar-refractivity contribution is 14.0. The molecule has 0 aliphatic heterocycles. The number of aliphatic imine (C=N–C) groups is 1. The first-order valence-electron chi connectivity index (χ1n) is 7.67. The van der Waals surface area contributed by atoms with Gasteiger partial charge in [-0.2, -0.15) is 0 Å². The minimum atomic E-state index is 0. The maximum absolute atomic E-state index is 4.57. The van der Waals surface area contributed by atoms with Crippen molar-refractivity contribution in [2.24, 2.45) is 4.99 Å². The van der Waals surface area contributed by atoms with Crippen LogP contribution in [0.5, 0.6) is 0 Å². The molecule has 21 heavy (non-hydrogen) atoms. The molecule has 6 heteroatoms. The van der Waals surface area contributed by atoms with Gasteiger partial charge in [-0.05, 0) is 12.8 Å². The third-order valence-electron chi connectivity index (χ3n) is 3.12. The van der Waals surface area contributed by atoms with Crippen LogP contribution >= 0.6 is 35.3 Å². The predicted molar refractivity (Wildman–Crippen MR) is 104 cm³/mol. The number of rotatable bonds is 9. The van der Waals surface area contributed by atoms with Crippen molar-refractivity contribution in [3.8, 4) is 0 Å². The third-order valence-corrected chi connectivity index (χ3v) is 4.16. The molecule has 0 bridgehead atoms. The number of nitrogens with one attached hydrogen (secondary N) is 2. The normalized spacial score (nSPS) is 11.1. The number of aromatic nitrogens is 1. The summed E-state index contributed by atoms with van der Waals surface area (Å²) in [5.74, 6) is 0.896. The minimum Gasteiger partial charge on any atom is -0.356 e. The first-order chi connectivity index (χ1) is 9.80. The summed E-state index contributed by atoms with van der Waals surface area (Å²) in [5, 5.41) is 10.1. The molecule has 2 N–H and O–H groups in total. The number of unbranched alkanes of at least 4 members (excludes halogenated alkanes) is 3. The molecule has 1 aromatic heterocycles. The standard InChI is InChI=1S/C15H28N4S.HI/c1-4-6-7-8-10-17-15(16-3)18-11-9-13-12-20-14(5-2)19-13;/h12H,4-11H2,1-3H3,(H2,16,17,18);1H. The molecule has 4 nitrogen and oxygen atoms in total. The van der Waals surface area contributed by atoms with Gasteiger partial charge in [0.15, 0.2) is 5.96 Å². The van der Waals surface area contributed by atoms with E-state index in [2.05, 4.69) is 39.8 Å². The van der Waals surface area contributed by atoms with Gasteiger partial charge in [-0.15, -0.1) is 35.3 Å². The number of hydrogen-bond acceptors (Lipinski definition) is 3. The van der Waals surface area contributed by atoms with E-state index in [1.165, 1.54) is 36.4 Å². The van der Waals surface area contributed by atoms with E-state index in [0.29, 0.717) is 0 Å². The molecule has 0 amide bonds. The molecule has 1 heterocycles. The van der Waals surface area contributed by atoms with Gasteiger partial charge in [0.2, 0.25) is 0 Å². The van der Waals surface area contributed by atoms with Crippen LogP contribution in [0.1, 0.15) is 50.2 Å². The first-order valence-corrected chi connectivity index (χ1v) is 8.55. The van der Waals surface area contributed by atoms with E-state index in [0.717, 1.165) is 31.9 Å². The monoisotopic (exact) mass is 424 g/mol. The van der Waals surface area contributed by atoms with Crippen LogP contribution in [0.2, 0.25) is 0 Å². The summed E-state index contributed by atoms with van der Waals surface area (Å²) in [4.78, 5) is 8.80. The SMILES string of the molecule is CCCCCCNC(=NC)NCCc1csc(CC)n1.I. The number of guanidine groups is 1. The Kier molecular flexibility index (Phi) is 13.1. The van der Waals surface area contributed by atoms with Crippen molar-refractivity contribution in [2.75, 3.05) is 20.1 Å². The zero-order valence-electron chi connectivity index (χ0n) is 13.4. The van der Waals surface area contributed by atoms with Crippen LogP contribution < -0.4 is 10.6 Å². The zero-order chi connectivity index (χ0) is 14.6. The van der Waals surface area contributed by atoms with Crippen molar-refractivity contribution in [3.63, 3.8) is 0 Å². The molecule has 0 aliphatic carbocycles. The number of nitrogens with zero attached hydrogens (tertiary/aromatic N) is 2. The lowest BCUT2D eigenvalue weighted by atomic mass is 10.2. The number of halogens is 1. The molecular formula is C15H29IN4S. The second-order valence-corrected chi connectivity index (χ2v) is 5.77. The van der Waals surface area contributed by atoms with Gasteiger partial charge in [0, 0.05) is 31.9 Å². The van der Waals surface area contributed by atoms with Crippen LogP contribution in [-0.2, 0) is 12.8 Å². The fraction of sp³-hybridized carbons (Fsp3) is 0.733. The second-order valence-electron chi connectivity index (χ2n) is 4.82. The van der Waals surface area contributed by atoms with Crippen molar-refractivity contribution in [1.82, 2.24) is 15.6 Å². The van der Waals surface area contributed by atoms with E-state index in [9.17, 15) is 0 Å². The van der Waals surface area contributed by atoms with Crippen molar-refractivity contribution in [3.05, 3.63) is 16.1 Å². The minimum absolute atomic E-state index is 0. The Morgan fingerprint density at radius 2 is 1.95 bits per heavy atom. The van der Waals surface area contributed by atoms with Crippen molar-refractivity contribution in [1.29, 1.82) is 0 Å². The summed E-state index contributed by atoms with van der Waals surface area (Å²) in [6.07, 6.45) is 7.07. The fourth-order valence-corrected chi connectivity index (χ4v) is 2.69. The van der Waals surface area contributed by atoms with E-state index in [1.54, 1.807) is 11.3 Å². The van der Waals surface area contributed by atoms with E-state index < -0.39 is 0 Å². The lowest BCUT2D eigenvalue weighted by Gasteiger charge is -2.11. The Bertz CT molecular complexity index is 393. The summed E-state index contributed by atoms with van der Waals surface area (Å²) in [6, 6.07) is 0. The maximum Gasteiger partial charge on any atom is 0.190 e. The van der Waals surface area contributed by atoms with Gasteiger partial charge >= 0.3 is 0 Å². The second kappa shape index (κ2) is 13.3. The van der Waals surface area contributed by atoms with Crippen LogP contribution in [0.3, 0.4) is 0 Å². The molecule has 0 aliphatic rings. The lowest BCUT2D eigenvalue weighted by molar-refractivity contribution is 0.646. The highest BCUT2D eigenvalue weighted by atomic mass is 127. The quantitative estimate of drug-likeness (QED) is 0.276. The van der Waals surface area contributed by atoms with Crippen molar-refractivity contribution < 1.29 is 0 Å². The van der Waals surface area contributed by atoms with Gasteiger partial charge < -0.3 is 10.6 Å². The Labute approximate surface area is 150 Å². The Morgan fingerprint density at radius 1 is 1.19 bits per heavy atom. The molecular weight excluding hydrogens is 395 g/mol. The van der Waals surface area contributed by atoms with Gasteiger partial charge in [-0.1, -0.05) is 33.1 Å². The van der Waals surface area contributed by atoms with Gasteiger partial charge in [0.05, 0.1) is 10.7 Å². The summed E-state index contributed by atoms with van der Waals surface area (Å²) < 4.78 is 0. The number of aryl methyl sites for hydroxylation is 1. The average molecular weight is 424 g/mol. The van der Waals surface area contributed by atoms with E-state index >= 15 is 0 Å². The summed E-state index contributed by atoms with van der Waals surface area (Å²) >= 11 is 1.75. The number of hydrogen-bond donors (Lipinski definition) is 2. The van der Waals surface area contributed by atoms with Crippen molar-refractivity contribution >= 4 is 41.3 Å². The summed E-state index contributed by atoms with van der Waals surface area (Å²) in [5.41, 5.74) is 1.18. The van der Waals surface area contributed by atoms with Crippen LogP contribution in [-0.4, -0.2) is 31.1 Å². The van der Waals surface area contributed by atoms with Crippen molar-refractivity contribution in [2.45, 2.75) is 52.4 Å². The van der Waals surface area contributed by atoms with Crippen LogP contribution in [0, 0.1) is 0 Å².